The van der Waals surface area contributed by atoms with E-state index in [1.54, 1.807) is 7.11 Å². The van der Waals surface area contributed by atoms with E-state index in [1.807, 2.05) is 38.1 Å². The van der Waals surface area contributed by atoms with Gasteiger partial charge in [0.2, 0.25) is 0 Å². The van der Waals surface area contributed by atoms with Crippen LogP contribution in [0.5, 0.6) is 5.75 Å². The van der Waals surface area contributed by atoms with Crippen LogP contribution in [0, 0.1) is 5.92 Å². The average Bonchev–Trinajstić information content (AvgIpc) is 2.80. The molecule has 1 heterocycles. The van der Waals surface area contributed by atoms with Crippen LogP contribution in [0.1, 0.15) is 19.6 Å². The van der Waals surface area contributed by atoms with E-state index in [1.165, 1.54) is 0 Å². The summed E-state index contributed by atoms with van der Waals surface area (Å²) in [5, 5.41) is 13.1. The summed E-state index contributed by atoms with van der Waals surface area (Å²) in [5.41, 5.74) is 0.684. The predicted molar refractivity (Wildman–Crippen MR) is 75.9 cm³/mol. The van der Waals surface area contributed by atoms with Crippen molar-refractivity contribution < 1.29 is 19.1 Å². The van der Waals surface area contributed by atoms with Gasteiger partial charge in [0.1, 0.15) is 11.8 Å². The molecule has 0 radical (unpaired) electrons. The first-order valence-corrected chi connectivity index (χ1v) is 6.54. The van der Waals surface area contributed by atoms with Crippen LogP contribution in [0.2, 0.25) is 0 Å². The van der Waals surface area contributed by atoms with Gasteiger partial charge in [0.05, 0.1) is 13.7 Å². The molecule has 1 unspecified atom stereocenters. The highest BCUT2D eigenvalue weighted by Crippen LogP contribution is 2.28. The molecule has 0 amide bonds. The van der Waals surface area contributed by atoms with Crippen molar-refractivity contribution in [2.75, 3.05) is 7.11 Å². The summed E-state index contributed by atoms with van der Waals surface area (Å²) in [6, 6.07) is 6.95. The van der Waals surface area contributed by atoms with Crippen molar-refractivity contribution in [3.8, 4) is 5.75 Å². The van der Waals surface area contributed by atoms with Crippen LogP contribution in [-0.2, 0) is 11.3 Å². The van der Waals surface area contributed by atoms with Gasteiger partial charge < -0.3 is 14.3 Å². The number of aliphatic carboxylic acids is 1. The first-order chi connectivity index (χ1) is 9.52. The molecule has 0 spiro atoms. The minimum absolute atomic E-state index is 0.00594. The third-order valence-electron chi connectivity index (χ3n) is 3.21. The Balaban J connectivity index is 2.16. The monoisotopic (exact) mass is 277 g/mol. The number of ether oxygens (including phenoxy) is 1. The quantitative estimate of drug-likeness (QED) is 0.849. The van der Waals surface area contributed by atoms with Gasteiger partial charge in [0, 0.05) is 5.39 Å². The number of benzene rings is 1. The number of methoxy groups -OCH3 is 1. The zero-order valence-electron chi connectivity index (χ0n) is 11.8. The Hall–Kier alpha value is -2.01. The average molecular weight is 277 g/mol. The largest absolute Gasteiger partial charge is 0.493 e. The maximum absolute atomic E-state index is 11.1. The molecule has 1 atom stereocenters. The lowest BCUT2D eigenvalue weighted by molar-refractivity contribution is -0.140. The molecule has 0 aliphatic heterocycles. The summed E-state index contributed by atoms with van der Waals surface area (Å²) in [6.45, 7) is 4.11. The van der Waals surface area contributed by atoms with Gasteiger partial charge >= 0.3 is 5.97 Å². The molecule has 0 aliphatic rings. The molecule has 108 valence electrons. The maximum Gasteiger partial charge on any atom is 0.320 e. The molecule has 0 saturated carbocycles. The molecular weight excluding hydrogens is 258 g/mol. The zero-order valence-corrected chi connectivity index (χ0v) is 11.8. The standard InChI is InChI=1S/C15H19NO4/c1-9(2)13(15(17)18)16-8-11-7-10-5-4-6-12(19-3)14(10)20-11/h4-7,9,13,16H,8H2,1-3H3,(H,17,18). The lowest BCUT2D eigenvalue weighted by atomic mass is 10.0. The van der Waals surface area contributed by atoms with E-state index in [4.69, 9.17) is 14.3 Å². The number of nitrogens with one attached hydrogen (secondary N) is 1. The van der Waals surface area contributed by atoms with E-state index in [-0.39, 0.29) is 5.92 Å². The lowest BCUT2D eigenvalue weighted by Gasteiger charge is -2.16. The van der Waals surface area contributed by atoms with Crippen molar-refractivity contribution in [1.82, 2.24) is 5.32 Å². The number of carbonyl (C=O) groups is 1. The summed E-state index contributed by atoms with van der Waals surface area (Å²) in [4.78, 5) is 11.1. The highest BCUT2D eigenvalue weighted by Gasteiger charge is 2.21. The van der Waals surface area contributed by atoms with Gasteiger partial charge in [0.25, 0.3) is 0 Å². The third-order valence-corrected chi connectivity index (χ3v) is 3.21. The van der Waals surface area contributed by atoms with Gasteiger partial charge in [-0.2, -0.15) is 0 Å². The lowest BCUT2D eigenvalue weighted by Crippen LogP contribution is -2.40. The van der Waals surface area contributed by atoms with Crippen molar-refractivity contribution in [2.45, 2.75) is 26.4 Å². The van der Waals surface area contributed by atoms with E-state index in [0.717, 1.165) is 5.39 Å². The van der Waals surface area contributed by atoms with Gasteiger partial charge in [-0.25, -0.2) is 0 Å². The minimum Gasteiger partial charge on any atom is -0.493 e. The number of furan rings is 1. The number of hydrogen-bond donors (Lipinski definition) is 2. The molecule has 0 saturated heterocycles. The van der Waals surface area contributed by atoms with Crippen LogP contribution >= 0.6 is 0 Å². The van der Waals surface area contributed by atoms with E-state index >= 15 is 0 Å². The molecule has 0 fully saturated rings. The Morgan fingerprint density at radius 2 is 2.20 bits per heavy atom. The van der Waals surface area contributed by atoms with Crippen LogP contribution in [0.15, 0.2) is 28.7 Å². The topological polar surface area (TPSA) is 71.7 Å². The third kappa shape index (κ3) is 2.93. The van der Waals surface area contributed by atoms with Gasteiger partial charge in [-0.05, 0) is 18.1 Å². The molecule has 0 aliphatic carbocycles. The van der Waals surface area contributed by atoms with Gasteiger partial charge in [-0.1, -0.05) is 26.0 Å². The second-order valence-corrected chi connectivity index (χ2v) is 5.03. The number of carboxylic acid groups (broad SMARTS) is 1. The second-order valence-electron chi connectivity index (χ2n) is 5.03. The number of hydrogen-bond acceptors (Lipinski definition) is 4. The fourth-order valence-electron chi connectivity index (χ4n) is 2.16. The van der Waals surface area contributed by atoms with Crippen molar-refractivity contribution in [3.63, 3.8) is 0 Å². The molecule has 2 rings (SSSR count). The fourth-order valence-corrected chi connectivity index (χ4v) is 2.16. The Bertz CT molecular complexity index is 603. The molecular formula is C15H19NO4. The van der Waals surface area contributed by atoms with E-state index in [2.05, 4.69) is 5.32 Å². The zero-order chi connectivity index (χ0) is 14.7. The number of fused-ring (bicyclic) bond motifs is 1. The summed E-state index contributed by atoms with van der Waals surface area (Å²) >= 11 is 0. The van der Waals surface area contributed by atoms with Gasteiger partial charge in [-0.3, -0.25) is 10.1 Å². The molecule has 2 N–H and O–H groups in total. The summed E-state index contributed by atoms with van der Waals surface area (Å²) < 4.78 is 11.0. The molecule has 1 aromatic carbocycles. The van der Waals surface area contributed by atoms with Gasteiger partial charge in [0.15, 0.2) is 11.3 Å². The molecule has 1 aromatic heterocycles. The number of carboxylic acids is 1. The SMILES string of the molecule is COc1cccc2cc(CNC(C(=O)O)C(C)C)oc12. The Labute approximate surface area is 117 Å². The van der Waals surface area contributed by atoms with Crippen molar-refractivity contribution in [2.24, 2.45) is 5.92 Å². The number of rotatable bonds is 6. The first-order valence-electron chi connectivity index (χ1n) is 6.54. The highest BCUT2D eigenvalue weighted by atomic mass is 16.5. The summed E-state index contributed by atoms with van der Waals surface area (Å²) in [5.74, 6) is 0.518. The molecule has 2 aromatic rings. The summed E-state index contributed by atoms with van der Waals surface area (Å²) in [6.07, 6.45) is 0. The molecule has 5 heteroatoms. The Kier molecular flexibility index (Phi) is 4.29. The van der Waals surface area contributed by atoms with Crippen molar-refractivity contribution in [1.29, 1.82) is 0 Å². The predicted octanol–water partition coefficient (Wildman–Crippen LogP) is 2.64. The van der Waals surface area contributed by atoms with Crippen LogP contribution < -0.4 is 10.1 Å². The second kappa shape index (κ2) is 5.96. The number of para-hydroxylation sites is 1. The molecule has 0 bridgehead atoms. The highest BCUT2D eigenvalue weighted by molar-refractivity contribution is 5.83. The Morgan fingerprint density at radius 3 is 2.80 bits per heavy atom. The molecule has 5 nitrogen and oxygen atoms in total. The Morgan fingerprint density at radius 1 is 1.45 bits per heavy atom. The molecule has 20 heavy (non-hydrogen) atoms. The normalized spacial score (nSPS) is 12.8. The van der Waals surface area contributed by atoms with Crippen LogP contribution in [-0.4, -0.2) is 24.2 Å². The summed E-state index contributed by atoms with van der Waals surface area (Å²) in [7, 11) is 1.59. The van der Waals surface area contributed by atoms with Crippen LogP contribution in [0.4, 0.5) is 0 Å². The minimum atomic E-state index is -0.853. The fraction of sp³-hybridized carbons (Fsp3) is 0.400. The smallest absolute Gasteiger partial charge is 0.320 e. The van der Waals surface area contributed by atoms with Crippen LogP contribution in [0.25, 0.3) is 11.0 Å². The van der Waals surface area contributed by atoms with E-state index in [9.17, 15) is 4.79 Å². The first kappa shape index (κ1) is 14.4. The van der Waals surface area contributed by atoms with Crippen molar-refractivity contribution in [3.05, 3.63) is 30.0 Å². The van der Waals surface area contributed by atoms with Gasteiger partial charge in [-0.15, -0.1) is 0 Å². The van der Waals surface area contributed by atoms with Crippen molar-refractivity contribution >= 4 is 16.9 Å². The van der Waals surface area contributed by atoms with E-state index < -0.39 is 12.0 Å². The van der Waals surface area contributed by atoms with Crippen LogP contribution in [0.3, 0.4) is 0 Å². The maximum atomic E-state index is 11.1. The van der Waals surface area contributed by atoms with E-state index in [0.29, 0.717) is 23.6 Å².